The number of aromatic nitrogens is 4. The number of likely N-dealkylation sites (tertiary alicyclic amines) is 1. The molecule has 1 unspecified atom stereocenters. The van der Waals surface area contributed by atoms with E-state index in [1.165, 1.54) is 38.5 Å². The Morgan fingerprint density at radius 2 is 2.03 bits per heavy atom. The van der Waals surface area contributed by atoms with Crippen molar-refractivity contribution in [3.8, 4) is 11.8 Å². The Hall–Kier alpha value is -2.17. The molecule has 1 saturated carbocycles. The number of nitrogens with zero attached hydrogens (tertiary/aromatic N) is 6. The summed E-state index contributed by atoms with van der Waals surface area (Å²) in [7, 11) is 4.35. The maximum atomic E-state index is 4.89. The molecule has 3 heterocycles. The molecule has 0 amide bonds. The summed E-state index contributed by atoms with van der Waals surface area (Å²) in [5, 5.41) is 9.16. The largest absolute Gasteiger partial charge is 0.354 e. The van der Waals surface area contributed by atoms with E-state index in [-0.39, 0.29) is 0 Å². The quantitative estimate of drug-likeness (QED) is 0.690. The highest BCUT2D eigenvalue weighted by molar-refractivity contribution is 5.81. The highest BCUT2D eigenvalue weighted by Gasteiger charge is 2.21. The van der Waals surface area contributed by atoms with Gasteiger partial charge < -0.3 is 10.2 Å². The molecule has 168 valence electrons. The number of nitrogens with one attached hydrogen (secondary N) is 1. The summed E-state index contributed by atoms with van der Waals surface area (Å²) in [5.41, 5.74) is 1.73. The van der Waals surface area contributed by atoms with Crippen molar-refractivity contribution in [2.45, 2.75) is 64.5 Å². The van der Waals surface area contributed by atoms with Crippen LogP contribution in [0.1, 0.15) is 57.6 Å². The van der Waals surface area contributed by atoms with Gasteiger partial charge in [0, 0.05) is 31.9 Å². The Labute approximate surface area is 186 Å². The Balaban J connectivity index is 1.53. The molecule has 7 heteroatoms. The Kier molecular flexibility index (Phi) is 7.41. The first kappa shape index (κ1) is 22.0. The predicted molar refractivity (Wildman–Crippen MR) is 126 cm³/mol. The topological polar surface area (TPSA) is 62.1 Å². The molecular weight excluding hydrogens is 386 g/mol. The number of hydrogen-bond donors (Lipinski definition) is 1. The van der Waals surface area contributed by atoms with Crippen LogP contribution in [0.25, 0.3) is 11.0 Å². The fourth-order valence-corrected chi connectivity index (χ4v) is 4.77. The van der Waals surface area contributed by atoms with Crippen molar-refractivity contribution in [3.63, 3.8) is 0 Å². The molecule has 1 saturated heterocycles. The molecule has 2 aliphatic rings. The second kappa shape index (κ2) is 10.4. The lowest BCUT2D eigenvalue weighted by Crippen LogP contribution is -2.45. The molecule has 2 aromatic heterocycles. The first-order valence-corrected chi connectivity index (χ1v) is 12.0. The molecule has 2 fully saturated rings. The number of piperidine rings is 1. The van der Waals surface area contributed by atoms with Crippen molar-refractivity contribution in [3.05, 3.63) is 11.9 Å². The van der Waals surface area contributed by atoms with Crippen LogP contribution in [0.2, 0.25) is 0 Å². The van der Waals surface area contributed by atoms with E-state index in [1.54, 1.807) is 0 Å². The van der Waals surface area contributed by atoms with Gasteiger partial charge in [-0.15, -0.1) is 0 Å². The Bertz CT molecular complexity index is 917. The minimum absolute atomic E-state index is 0.629. The summed E-state index contributed by atoms with van der Waals surface area (Å²) in [6.07, 6.45) is 10.7. The van der Waals surface area contributed by atoms with Crippen LogP contribution in [0.3, 0.4) is 0 Å². The van der Waals surface area contributed by atoms with E-state index in [4.69, 9.17) is 10.1 Å². The number of rotatable bonds is 7. The number of hydrogen-bond acceptors (Lipinski definition) is 6. The van der Waals surface area contributed by atoms with Crippen LogP contribution in [0, 0.1) is 17.8 Å². The zero-order chi connectivity index (χ0) is 21.6. The van der Waals surface area contributed by atoms with Crippen molar-refractivity contribution in [2.75, 3.05) is 45.6 Å². The second-order valence-corrected chi connectivity index (χ2v) is 9.34. The zero-order valence-corrected chi connectivity index (χ0v) is 19.4. The SMILES string of the molecule is CCCNc1ncc2c(C#CCN3CCCC(N(C)C)C3)nn(CC3CCCC3)c2n1. The molecule has 1 aliphatic carbocycles. The van der Waals surface area contributed by atoms with Gasteiger partial charge in [0.1, 0.15) is 5.69 Å². The number of fused-ring (bicyclic) bond motifs is 1. The molecule has 4 rings (SSSR count). The predicted octanol–water partition coefficient (Wildman–Crippen LogP) is 3.22. The smallest absolute Gasteiger partial charge is 0.224 e. The second-order valence-electron chi connectivity index (χ2n) is 9.34. The fourth-order valence-electron chi connectivity index (χ4n) is 4.77. The molecule has 31 heavy (non-hydrogen) atoms. The van der Waals surface area contributed by atoms with Crippen LogP contribution in [-0.4, -0.2) is 75.9 Å². The number of anilines is 1. The molecule has 0 radical (unpaired) electrons. The maximum absolute atomic E-state index is 4.89. The summed E-state index contributed by atoms with van der Waals surface area (Å²) >= 11 is 0. The summed E-state index contributed by atoms with van der Waals surface area (Å²) in [6, 6.07) is 0.629. The summed E-state index contributed by atoms with van der Waals surface area (Å²) < 4.78 is 2.08. The van der Waals surface area contributed by atoms with Gasteiger partial charge in [0.05, 0.1) is 11.9 Å². The third-order valence-corrected chi connectivity index (χ3v) is 6.65. The van der Waals surface area contributed by atoms with Crippen molar-refractivity contribution < 1.29 is 0 Å². The first-order valence-electron chi connectivity index (χ1n) is 12.0. The highest BCUT2D eigenvalue weighted by Crippen LogP contribution is 2.27. The van der Waals surface area contributed by atoms with Gasteiger partial charge in [-0.1, -0.05) is 25.7 Å². The van der Waals surface area contributed by atoms with Crippen LogP contribution < -0.4 is 5.32 Å². The minimum atomic E-state index is 0.629. The van der Waals surface area contributed by atoms with Crippen molar-refractivity contribution in [1.82, 2.24) is 29.5 Å². The van der Waals surface area contributed by atoms with E-state index < -0.39 is 0 Å². The van der Waals surface area contributed by atoms with Gasteiger partial charge in [0.15, 0.2) is 5.65 Å². The van der Waals surface area contributed by atoms with Gasteiger partial charge in [-0.25, -0.2) is 9.67 Å². The molecule has 7 nitrogen and oxygen atoms in total. The van der Waals surface area contributed by atoms with Gasteiger partial charge in [-0.3, -0.25) is 4.90 Å². The Morgan fingerprint density at radius 3 is 2.81 bits per heavy atom. The molecule has 2 aromatic rings. The first-order chi connectivity index (χ1) is 15.1. The van der Waals surface area contributed by atoms with Gasteiger partial charge in [0.2, 0.25) is 5.95 Å². The Morgan fingerprint density at radius 1 is 1.19 bits per heavy atom. The monoisotopic (exact) mass is 423 g/mol. The van der Waals surface area contributed by atoms with Crippen molar-refractivity contribution in [2.24, 2.45) is 5.92 Å². The number of likely N-dealkylation sites (N-methyl/N-ethyl adjacent to an activating group) is 1. The molecule has 0 bridgehead atoms. The van der Waals surface area contributed by atoms with E-state index in [0.717, 1.165) is 55.9 Å². The molecular formula is C24H37N7. The normalized spacial score (nSPS) is 20.3. The molecule has 1 aliphatic heterocycles. The summed E-state index contributed by atoms with van der Waals surface area (Å²) in [4.78, 5) is 14.1. The van der Waals surface area contributed by atoms with Crippen LogP contribution in [0.15, 0.2) is 6.20 Å². The molecule has 1 atom stereocenters. The maximum Gasteiger partial charge on any atom is 0.224 e. The lowest BCUT2D eigenvalue weighted by molar-refractivity contribution is 0.145. The van der Waals surface area contributed by atoms with Crippen molar-refractivity contribution in [1.29, 1.82) is 0 Å². The van der Waals surface area contributed by atoms with Crippen LogP contribution in [-0.2, 0) is 6.54 Å². The van der Waals surface area contributed by atoms with E-state index in [0.29, 0.717) is 17.9 Å². The summed E-state index contributed by atoms with van der Waals surface area (Å²) in [6.45, 7) is 6.96. The van der Waals surface area contributed by atoms with E-state index in [9.17, 15) is 0 Å². The van der Waals surface area contributed by atoms with Crippen molar-refractivity contribution >= 4 is 17.0 Å². The van der Waals surface area contributed by atoms with E-state index >= 15 is 0 Å². The third-order valence-electron chi connectivity index (χ3n) is 6.65. The fraction of sp³-hybridized carbons (Fsp3) is 0.708. The third kappa shape index (κ3) is 5.55. The van der Waals surface area contributed by atoms with Gasteiger partial charge in [-0.05, 0) is 64.6 Å². The van der Waals surface area contributed by atoms with Crippen LogP contribution >= 0.6 is 0 Å². The molecule has 1 N–H and O–H groups in total. The lowest BCUT2D eigenvalue weighted by atomic mass is 10.1. The zero-order valence-electron chi connectivity index (χ0n) is 19.4. The summed E-state index contributed by atoms with van der Waals surface area (Å²) in [5.74, 6) is 8.12. The van der Waals surface area contributed by atoms with Gasteiger partial charge in [0.25, 0.3) is 0 Å². The van der Waals surface area contributed by atoms with E-state index in [1.807, 2.05) is 6.20 Å². The van der Waals surface area contributed by atoms with Gasteiger partial charge >= 0.3 is 0 Å². The lowest BCUT2D eigenvalue weighted by Gasteiger charge is -2.35. The molecule has 0 aromatic carbocycles. The van der Waals surface area contributed by atoms with E-state index in [2.05, 4.69) is 57.6 Å². The van der Waals surface area contributed by atoms with Crippen LogP contribution in [0.5, 0.6) is 0 Å². The average molecular weight is 424 g/mol. The van der Waals surface area contributed by atoms with Crippen LogP contribution in [0.4, 0.5) is 5.95 Å². The average Bonchev–Trinajstić information content (AvgIpc) is 3.41. The minimum Gasteiger partial charge on any atom is -0.354 e. The van der Waals surface area contributed by atoms with Gasteiger partial charge in [-0.2, -0.15) is 10.1 Å². The standard InChI is InChI=1S/C24H37N7/c1-4-13-25-24-26-16-21-22(12-8-15-30-14-7-11-20(18-30)29(2)3)28-31(23(21)27-24)17-19-9-5-6-10-19/h16,19-20H,4-7,9-11,13-15,17-18H2,1-3H3,(H,25,26,27). The molecule has 0 spiro atoms. The highest BCUT2D eigenvalue weighted by atomic mass is 15.3.